The van der Waals surface area contributed by atoms with Gasteiger partial charge < -0.3 is 4.90 Å². The Morgan fingerprint density at radius 2 is 1.75 bits per heavy atom. The fourth-order valence-electron chi connectivity index (χ4n) is 3.17. The zero-order valence-corrected chi connectivity index (χ0v) is 13.2. The van der Waals surface area contributed by atoms with Gasteiger partial charge in [0.15, 0.2) is 0 Å². The molecule has 5 heteroatoms. The SMILES string of the molecule is O=C(c1ccc(-c2ccccc2)cc1)N1CCC(n2ccnn2)C1. The summed E-state index contributed by atoms with van der Waals surface area (Å²) in [6, 6.07) is 18.2. The minimum absolute atomic E-state index is 0.0808. The van der Waals surface area contributed by atoms with Crippen LogP contribution >= 0.6 is 0 Å². The number of aromatic nitrogens is 3. The van der Waals surface area contributed by atoms with Gasteiger partial charge >= 0.3 is 0 Å². The van der Waals surface area contributed by atoms with E-state index in [1.165, 1.54) is 0 Å². The molecule has 1 atom stereocenters. The number of carbonyl (C=O) groups is 1. The summed E-state index contributed by atoms with van der Waals surface area (Å²) in [5, 5.41) is 7.88. The molecule has 1 aliphatic heterocycles. The van der Waals surface area contributed by atoms with Crippen molar-refractivity contribution in [3.05, 3.63) is 72.6 Å². The lowest BCUT2D eigenvalue weighted by Gasteiger charge is -2.16. The van der Waals surface area contributed by atoms with Crippen LogP contribution in [0.2, 0.25) is 0 Å². The standard InChI is InChI=1S/C19H18N4O/c24-19(22-12-10-18(14-22)23-13-11-20-21-23)17-8-6-16(7-9-17)15-4-2-1-3-5-15/h1-9,11,13,18H,10,12,14H2. The van der Waals surface area contributed by atoms with Gasteiger partial charge in [-0.1, -0.05) is 47.7 Å². The second-order valence-corrected chi connectivity index (χ2v) is 6.02. The molecule has 1 aliphatic rings. The van der Waals surface area contributed by atoms with Crippen molar-refractivity contribution in [2.45, 2.75) is 12.5 Å². The molecule has 24 heavy (non-hydrogen) atoms. The Labute approximate surface area is 140 Å². The van der Waals surface area contributed by atoms with Crippen molar-refractivity contribution in [3.63, 3.8) is 0 Å². The van der Waals surface area contributed by atoms with Gasteiger partial charge in [0.25, 0.3) is 5.91 Å². The van der Waals surface area contributed by atoms with Crippen LogP contribution < -0.4 is 0 Å². The van der Waals surface area contributed by atoms with Crippen LogP contribution in [-0.2, 0) is 0 Å². The minimum Gasteiger partial charge on any atom is -0.336 e. The summed E-state index contributed by atoms with van der Waals surface area (Å²) in [5.74, 6) is 0.0808. The number of carbonyl (C=O) groups excluding carboxylic acids is 1. The van der Waals surface area contributed by atoms with E-state index in [4.69, 9.17) is 0 Å². The molecule has 5 nitrogen and oxygen atoms in total. The third kappa shape index (κ3) is 2.80. The molecule has 0 N–H and O–H groups in total. The molecular formula is C19H18N4O. The van der Waals surface area contributed by atoms with Crippen LogP contribution in [0.3, 0.4) is 0 Å². The number of rotatable bonds is 3. The van der Waals surface area contributed by atoms with Crippen LogP contribution in [-0.4, -0.2) is 38.9 Å². The molecule has 1 unspecified atom stereocenters. The fraction of sp³-hybridized carbons (Fsp3) is 0.211. The first-order chi connectivity index (χ1) is 11.8. The Balaban J connectivity index is 1.47. The van der Waals surface area contributed by atoms with Crippen molar-refractivity contribution in [1.82, 2.24) is 19.9 Å². The molecule has 1 aromatic heterocycles. The van der Waals surface area contributed by atoms with Crippen molar-refractivity contribution >= 4 is 5.91 Å². The lowest BCUT2D eigenvalue weighted by molar-refractivity contribution is 0.0787. The van der Waals surface area contributed by atoms with E-state index >= 15 is 0 Å². The number of amides is 1. The van der Waals surface area contributed by atoms with Crippen LogP contribution in [0, 0.1) is 0 Å². The molecule has 2 aromatic carbocycles. The van der Waals surface area contributed by atoms with Gasteiger partial charge in [0.1, 0.15) is 0 Å². The summed E-state index contributed by atoms with van der Waals surface area (Å²) >= 11 is 0. The van der Waals surface area contributed by atoms with E-state index in [0.717, 1.165) is 29.7 Å². The molecule has 120 valence electrons. The van der Waals surface area contributed by atoms with Gasteiger partial charge in [0, 0.05) is 24.8 Å². The summed E-state index contributed by atoms with van der Waals surface area (Å²) in [5.41, 5.74) is 3.01. The van der Waals surface area contributed by atoms with E-state index in [-0.39, 0.29) is 11.9 Å². The summed E-state index contributed by atoms with van der Waals surface area (Å²) in [6.07, 6.45) is 4.44. The van der Waals surface area contributed by atoms with Gasteiger partial charge in [0.05, 0.1) is 12.2 Å². The summed E-state index contributed by atoms with van der Waals surface area (Å²) < 4.78 is 1.84. The van der Waals surface area contributed by atoms with E-state index in [1.807, 2.05) is 58.2 Å². The largest absolute Gasteiger partial charge is 0.336 e. The first-order valence-electron chi connectivity index (χ1n) is 8.12. The third-order valence-corrected chi connectivity index (χ3v) is 4.50. The molecule has 0 radical (unpaired) electrons. The first kappa shape index (κ1) is 14.6. The Morgan fingerprint density at radius 1 is 1.00 bits per heavy atom. The molecule has 0 saturated carbocycles. The molecule has 3 aromatic rings. The average Bonchev–Trinajstić information content (AvgIpc) is 3.33. The quantitative estimate of drug-likeness (QED) is 0.746. The van der Waals surface area contributed by atoms with Crippen molar-refractivity contribution < 1.29 is 4.79 Å². The van der Waals surface area contributed by atoms with Crippen molar-refractivity contribution in [2.75, 3.05) is 13.1 Å². The Kier molecular flexibility index (Phi) is 3.83. The lowest BCUT2D eigenvalue weighted by atomic mass is 10.0. The van der Waals surface area contributed by atoms with Crippen LogP contribution in [0.5, 0.6) is 0 Å². The minimum atomic E-state index is 0.0808. The fourth-order valence-corrected chi connectivity index (χ4v) is 3.17. The molecule has 1 saturated heterocycles. The molecular weight excluding hydrogens is 300 g/mol. The van der Waals surface area contributed by atoms with Crippen molar-refractivity contribution in [2.24, 2.45) is 0 Å². The smallest absolute Gasteiger partial charge is 0.253 e. The van der Waals surface area contributed by atoms with E-state index in [9.17, 15) is 4.79 Å². The highest BCUT2D eigenvalue weighted by Crippen LogP contribution is 2.24. The Morgan fingerprint density at radius 3 is 2.46 bits per heavy atom. The molecule has 2 heterocycles. The van der Waals surface area contributed by atoms with E-state index < -0.39 is 0 Å². The zero-order valence-electron chi connectivity index (χ0n) is 13.2. The lowest BCUT2D eigenvalue weighted by Crippen LogP contribution is -2.29. The number of likely N-dealkylation sites (tertiary alicyclic amines) is 1. The van der Waals surface area contributed by atoms with Gasteiger partial charge in [0.2, 0.25) is 0 Å². The van der Waals surface area contributed by atoms with Crippen LogP contribution in [0.4, 0.5) is 0 Å². The number of nitrogens with zero attached hydrogens (tertiary/aromatic N) is 4. The number of hydrogen-bond acceptors (Lipinski definition) is 3. The second-order valence-electron chi connectivity index (χ2n) is 6.02. The van der Waals surface area contributed by atoms with Crippen molar-refractivity contribution in [3.8, 4) is 11.1 Å². The van der Waals surface area contributed by atoms with Gasteiger partial charge in [-0.15, -0.1) is 5.10 Å². The highest BCUT2D eigenvalue weighted by atomic mass is 16.2. The molecule has 0 aliphatic carbocycles. The van der Waals surface area contributed by atoms with Crippen molar-refractivity contribution in [1.29, 1.82) is 0 Å². The van der Waals surface area contributed by atoms with Crippen LogP contribution in [0.15, 0.2) is 67.0 Å². The number of benzene rings is 2. The maximum atomic E-state index is 12.7. The monoisotopic (exact) mass is 318 g/mol. The predicted molar refractivity (Wildman–Crippen MR) is 91.5 cm³/mol. The van der Waals surface area contributed by atoms with Crippen LogP contribution in [0.1, 0.15) is 22.8 Å². The second kappa shape index (κ2) is 6.28. The summed E-state index contributed by atoms with van der Waals surface area (Å²) in [6.45, 7) is 1.44. The topological polar surface area (TPSA) is 51.0 Å². The van der Waals surface area contributed by atoms with Gasteiger partial charge in [-0.25, -0.2) is 4.68 Å². The third-order valence-electron chi connectivity index (χ3n) is 4.50. The van der Waals surface area contributed by atoms with E-state index in [1.54, 1.807) is 6.20 Å². The Bertz CT molecular complexity index is 812. The first-order valence-corrected chi connectivity index (χ1v) is 8.12. The average molecular weight is 318 g/mol. The zero-order chi connectivity index (χ0) is 16.4. The van der Waals surface area contributed by atoms with Gasteiger partial charge in [-0.05, 0) is 29.7 Å². The molecule has 0 spiro atoms. The summed E-state index contributed by atoms with van der Waals surface area (Å²) in [7, 11) is 0. The molecule has 4 rings (SSSR count). The molecule has 0 bridgehead atoms. The Hall–Kier alpha value is -2.95. The van der Waals surface area contributed by atoms with Gasteiger partial charge in [-0.2, -0.15) is 0 Å². The molecule has 1 amide bonds. The molecule has 1 fully saturated rings. The normalized spacial score (nSPS) is 17.2. The number of hydrogen-bond donors (Lipinski definition) is 0. The summed E-state index contributed by atoms with van der Waals surface area (Å²) in [4.78, 5) is 14.6. The highest BCUT2D eigenvalue weighted by molar-refractivity contribution is 5.94. The maximum absolute atomic E-state index is 12.7. The maximum Gasteiger partial charge on any atom is 0.253 e. The predicted octanol–water partition coefficient (Wildman–Crippen LogP) is 3.03. The van der Waals surface area contributed by atoms with Crippen LogP contribution in [0.25, 0.3) is 11.1 Å². The highest BCUT2D eigenvalue weighted by Gasteiger charge is 2.28. The van der Waals surface area contributed by atoms with Gasteiger partial charge in [-0.3, -0.25) is 4.79 Å². The van der Waals surface area contributed by atoms with E-state index in [2.05, 4.69) is 22.4 Å². The van der Waals surface area contributed by atoms with E-state index in [0.29, 0.717) is 6.54 Å².